The summed E-state index contributed by atoms with van der Waals surface area (Å²) in [6.07, 6.45) is 2.07. The van der Waals surface area contributed by atoms with Gasteiger partial charge in [-0.2, -0.15) is 0 Å². The fraction of sp³-hybridized carbons (Fsp3) is 0.450. The molecule has 1 aliphatic heterocycles. The maximum absolute atomic E-state index is 12.5. The molecule has 3 amide bonds. The monoisotopic (exact) mass is 406 g/mol. The van der Waals surface area contributed by atoms with Gasteiger partial charge in [0, 0.05) is 19.5 Å². The van der Waals surface area contributed by atoms with Gasteiger partial charge in [-0.3, -0.25) is 19.3 Å². The lowest BCUT2D eigenvalue weighted by molar-refractivity contribution is -0.124. The highest BCUT2D eigenvalue weighted by Crippen LogP contribution is 2.34. The van der Waals surface area contributed by atoms with Gasteiger partial charge in [0.25, 0.3) is 11.1 Å². The Balaban J connectivity index is 2.03. The van der Waals surface area contributed by atoms with Crippen LogP contribution in [0.4, 0.5) is 4.79 Å². The van der Waals surface area contributed by atoms with Gasteiger partial charge in [-0.25, -0.2) is 0 Å². The summed E-state index contributed by atoms with van der Waals surface area (Å²) in [6.45, 7) is 6.70. The average molecular weight is 407 g/mol. The van der Waals surface area contributed by atoms with Crippen molar-refractivity contribution >= 4 is 34.9 Å². The molecule has 0 saturated carbocycles. The fourth-order valence-corrected chi connectivity index (χ4v) is 3.51. The van der Waals surface area contributed by atoms with E-state index in [9.17, 15) is 14.4 Å². The number of nitrogens with one attached hydrogen (secondary N) is 1. The molecule has 0 radical (unpaired) electrons. The highest BCUT2D eigenvalue weighted by Gasteiger charge is 2.34. The van der Waals surface area contributed by atoms with E-state index >= 15 is 0 Å². The van der Waals surface area contributed by atoms with Crippen molar-refractivity contribution in [2.24, 2.45) is 5.92 Å². The molecule has 0 bridgehead atoms. The number of imide groups is 1. The molecular weight excluding hydrogens is 380 g/mol. The molecule has 1 heterocycles. The zero-order chi connectivity index (χ0) is 20.7. The van der Waals surface area contributed by atoms with Crippen molar-refractivity contribution in [2.45, 2.75) is 27.2 Å². The maximum atomic E-state index is 12.5. The minimum absolute atomic E-state index is 0.0843. The molecular formula is C20H26N2O5S. The van der Waals surface area contributed by atoms with E-state index in [-0.39, 0.29) is 36.1 Å². The first-order chi connectivity index (χ1) is 13.3. The first-order valence-electron chi connectivity index (χ1n) is 9.18. The average Bonchev–Trinajstić information content (AvgIpc) is 2.89. The second-order valence-electron chi connectivity index (χ2n) is 6.62. The Kier molecular flexibility index (Phi) is 7.92. The number of nitrogens with zero attached hydrogens (tertiary/aromatic N) is 1. The number of carbonyl (C=O) groups is 3. The third-order valence-corrected chi connectivity index (χ3v) is 4.82. The van der Waals surface area contributed by atoms with E-state index in [1.807, 2.05) is 20.8 Å². The lowest BCUT2D eigenvalue weighted by Crippen LogP contribution is -2.37. The first kappa shape index (κ1) is 21.8. The van der Waals surface area contributed by atoms with Gasteiger partial charge in [-0.15, -0.1) is 0 Å². The number of hydrogen-bond donors (Lipinski definition) is 1. The molecule has 0 unspecified atom stereocenters. The summed E-state index contributed by atoms with van der Waals surface area (Å²) in [5.74, 6) is 0.987. The SMILES string of the molecule is CCOc1ccc(/C=C2/SC(=O)N(CCNC(=O)CC(C)C)C2=O)cc1OC. The maximum Gasteiger partial charge on any atom is 0.293 e. The molecule has 152 valence electrons. The van der Waals surface area contributed by atoms with Crippen LogP contribution in [-0.2, 0) is 9.59 Å². The van der Waals surface area contributed by atoms with Crippen molar-refractivity contribution in [1.29, 1.82) is 0 Å². The van der Waals surface area contributed by atoms with Crippen LogP contribution in [0.3, 0.4) is 0 Å². The molecule has 7 nitrogen and oxygen atoms in total. The van der Waals surface area contributed by atoms with Gasteiger partial charge in [0.05, 0.1) is 18.6 Å². The number of methoxy groups -OCH3 is 1. The van der Waals surface area contributed by atoms with Crippen molar-refractivity contribution in [1.82, 2.24) is 10.2 Å². The second kappa shape index (κ2) is 10.2. The van der Waals surface area contributed by atoms with E-state index in [0.717, 1.165) is 22.2 Å². The lowest BCUT2D eigenvalue weighted by Gasteiger charge is -2.13. The highest BCUT2D eigenvalue weighted by molar-refractivity contribution is 8.18. The van der Waals surface area contributed by atoms with Crippen molar-refractivity contribution in [3.63, 3.8) is 0 Å². The quantitative estimate of drug-likeness (QED) is 0.634. The first-order valence-corrected chi connectivity index (χ1v) is 10.00. The van der Waals surface area contributed by atoms with E-state index in [4.69, 9.17) is 9.47 Å². The van der Waals surface area contributed by atoms with Crippen LogP contribution in [0.15, 0.2) is 23.1 Å². The van der Waals surface area contributed by atoms with Crippen LogP contribution >= 0.6 is 11.8 Å². The van der Waals surface area contributed by atoms with Crippen LogP contribution in [0.5, 0.6) is 11.5 Å². The summed E-state index contributed by atoms with van der Waals surface area (Å²) in [6, 6.07) is 5.32. The van der Waals surface area contributed by atoms with Crippen LogP contribution in [0.2, 0.25) is 0 Å². The Morgan fingerprint density at radius 2 is 2.04 bits per heavy atom. The molecule has 1 aromatic rings. The smallest absolute Gasteiger partial charge is 0.293 e. The Morgan fingerprint density at radius 1 is 1.29 bits per heavy atom. The minimum Gasteiger partial charge on any atom is -0.493 e. The lowest BCUT2D eigenvalue weighted by atomic mass is 10.1. The summed E-state index contributed by atoms with van der Waals surface area (Å²) < 4.78 is 10.8. The van der Waals surface area contributed by atoms with Crippen molar-refractivity contribution in [3.05, 3.63) is 28.7 Å². The van der Waals surface area contributed by atoms with E-state index < -0.39 is 0 Å². The van der Waals surface area contributed by atoms with Gasteiger partial charge in [0.15, 0.2) is 11.5 Å². The summed E-state index contributed by atoms with van der Waals surface area (Å²) >= 11 is 0.888. The van der Waals surface area contributed by atoms with E-state index in [2.05, 4.69) is 5.32 Å². The molecule has 2 rings (SSSR count). The summed E-state index contributed by atoms with van der Waals surface area (Å²) in [5, 5.41) is 2.40. The van der Waals surface area contributed by atoms with Gasteiger partial charge in [0.2, 0.25) is 5.91 Å². The predicted molar refractivity (Wildman–Crippen MR) is 109 cm³/mol. The zero-order valence-electron chi connectivity index (χ0n) is 16.6. The number of benzene rings is 1. The summed E-state index contributed by atoms with van der Waals surface area (Å²) in [5.41, 5.74) is 0.732. The number of ether oxygens (including phenoxy) is 2. The van der Waals surface area contributed by atoms with Crippen LogP contribution in [0.25, 0.3) is 6.08 Å². The Morgan fingerprint density at radius 3 is 2.68 bits per heavy atom. The number of hydrogen-bond acceptors (Lipinski definition) is 6. The third-order valence-electron chi connectivity index (χ3n) is 3.91. The van der Waals surface area contributed by atoms with Crippen molar-refractivity contribution < 1.29 is 23.9 Å². The topological polar surface area (TPSA) is 84.9 Å². The second-order valence-corrected chi connectivity index (χ2v) is 7.62. The minimum atomic E-state index is -0.360. The molecule has 0 spiro atoms. The molecule has 1 aromatic carbocycles. The third kappa shape index (κ3) is 5.76. The van der Waals surface area contributed by atoms with Crippen molar-refractivity contribution in [3.8, 4) is 11.5 Å². The Labute approximate surface area is 169 Å². The molecule has 28 heavy (non-hydrogen) atoms. The van der Waals surface area contributed by atoms with Crippen LogP contribution in [0.1, 0.15) is 32.8 Å². The van der Waals surface area contributed by atoms with E-state index in [1.165, 1.54) is 0 Å². The predicted octanol–water partition coefficient (Wildman–Crippen LogP) is 3.29. The standard InChI is InChI=1S/C20H26N2O5S/c1-5-27-15-7-6-14(11-16(15)26-4)12-17-19(24)22(20(25)28-17)9-8-21-18(23)10-13(2)3/h6-7,11-13H,5,8-10H2,1-4H3,(H,21,23)/b17-12+. The Bertz CT molecular complexity index is 776. The van der Waals surface area contributed by atoms with Gasteiger partial charge < -0.3 is 14.8 Å². The van der Waals surface area contributed by atoms with Crippen LogP contribution in [0, 0.1) is 5.92 Å². The van der Waals surface area contributed by atoms with Crippen LogP contribution < -0.4 is 14.8 Å². The fourth-order valence-electron chi connectivity index (χ4n) is 2.64. The molecule has 1 N–H and O–H groups in total. The largest absolute Gasteiger partial charge is 0.493 e. The molecule has 1 aliphatic rings. The van der Waals surface area contributed by atoms with Gasteiger partial charge >= 0.3 is 0 Å². The number of rotatable bonds is 9. The number of amides is 3. The number of thioether (sulfide) groups is 1. The van der Waals surface area contributed by atoms with Gasteiger partial charge in [-0.05, 0) is 48.4 Å². The Hall–Kier alpha value is -2.48. The molecule has 0 atom stereocenters. The van der Waals surface area contributed by atoms with Gasteiger partial charge in [-0.1, -0.05) is 19.9 Å². The molecule has 1 saturated heterocycles. The van der Waals surface area contributed by atoms with Gasteiger partial charge in [0.1, 0.15) is 0 Å². The van der Waals surface area contributed by atoms with E-state index in [1.54, 1.807) is 31.4 Å². The summed E-state index contributed by atoms with van der Waals surface area (Å²) in [4.78, 5) is 37.9. The van der Waals surface area contributed by atoms with Crippen molar-refractivity contribution in [2.75, 3.05) is 26.8 Å². The highest BCUT2D eigenvalue weighted by atomic mass is 32.2. The molecule has 1 fully saturated rings. The number of carbonyl (C=O) groups excluding carboxylic acids is 3. The molecule has 8 heteroatoms. The summed E-state index contributed by atoms with van der Waals surface area (Å²) in [7, 11) is 1.54. The van der Waals surface area contributed by atoms with E-state index in [0.29, 0.717) is 29.4 Å². The molecule has 0 aromatic heterocycles. The molecule has 0 aliphatic carbocycles. The zero-order valence-corrected chi connectivity index (χ0v) is 17.4. The van der Waals surface area contributed by atoms with Crippen LogP contribution in [-0.4, -0.2) is 48.8 Å². The normalized spacial score (nSPS) is 15.5.